The average Bonchev–Trinajstić information content (AvgIpc) is 3.33. The van der Waals surface area contributed by atoms with Crippen LogP contribution in [0.4, 0.5) is 5.82 Å². The number of hydrogen-bond donors (Lipinski definition) is 1. The first-order chi connectivity index (χ1) is 12.3. The van der Waals surface area contributed by atoms with Gasteiger partial charge in [0, 0.05) is 24.2 Å². The fourth-order valence-corrected chi connectivity index (χ4v) is 3.31. The van der Waals surface area contributed by atoms with Crippen molar-refractivity contribution >= 4 is 17.2 Å². The minimum atomic E-state index is 0.213. The second-order valence-corrected chi connectivity index (χ2v) is 6.16. The van der Waals surface area contributed by atoms with E-state index >= 15 is 0 Å². The van der Waals surface area contributed by atoms with Crippen LogP contribution in [0.3, 0.4) is 0 Å². The summed E-state index contributed by atoms with van der Waals surface area (Å²) in [5.74, 6) is 0.740. The van der Waals surface area contributed by atoms with E-state index in [9.17, 15) is 5.26 Å². The summed E-state index contributed by atoms with van der Waals surface area (Å²) < 4.78 is 1.83. The molecule has 0 atom stereocenters. The van der Waals surface area contributed by atoms with Crippen molar-refractivity contribution < 1.29 is 0 Å². The van der Waals surface area contributed by atoms with Crippen molar-refractivity contribution in [3.05, 3.63) is 65.9 Å². The van der Waals surface area contributed by atoms with Crippen LogP contribution in [0.2, 0.25) is 0 Å². The number of nitrogens with zero attached hydrogens (tertiary/aromatic N) is 5. The van der Waals surface area contributed by atoms with E-state index in [0.29, 0.717) is 17.1 Å². The largest absolute Gasteiger partial charge is 0.383 e. The van der Waals surface area contributed by atoms with Gasteiger partial charge < -0.3 is 5.73 Å². The normalized spacial score (nSPS) is 10.5. The Kier molecular flexibility index (Phi) is 3.72. The molecule has 7 heteroatoms. The fraction of sp³-hybridized carbons (Fsp3) is 0. The predicted octanol–water partition coefficient (Wildman–Crippen LogP) is 3.51. The minimum Gasteiger partial charge on any atom is -0.383 e. The van der Waals surface area contributed by atoms with Crippen molar-refractivity contribution in [2.24, 2.45) is 0 Å². The lowest BCUT2D eigenvalue weighted by Crippen LogP contribution is -2.04. The van der Waals surface area contributed by atoms with Gasteiger partial charge in [0.25, 0.3) is 0 Å². The highest BCUT2D eigenvalue weighted by Gasteiger charge is 2.17. The Balaban J connectivity index is 1.95. The summed E-state index contributed by atoms with van der Waals surface area (Å²) in [6, 6.07) is 13.5. The maximum absolute atomic E-state index is 9.57. The molecule has 4 heterocycles. The molecule has 0 saturated heterocycles. The van der Waals surface area contributed by atoms with Crippen LogP contribution >= 0.6 is 11.3 Å². The topological polar surface area (TPSA) is 93.4 Å². The average molecular weight is 344 g/mol. The molecule has 0 amide bonds. The Morgan fingerprint density at radius 2 is 1.96 bits per heavy atom. The van der Waals surface area contributed by atoms with Crippen LogP contribution in [0.25, 0.3) is 27.8 Å². The van der Waals surface area contributed by atoms with Gasteiger partial charge in [-0.3, -0.25) is 4.57 Å². The zero-order valence-electron chi connectivity index (χ0n) is 13.0. The summed E-state index contributed by atoms with van der Waals surface area (Å²) >= 11 is 1.57. The fourth-order valence-electron chi connectivity index (χ4n) is 2.63. The summed E-state index contributed by atoms with van der Waals surface area (Å²) in [5.41, 5.74) is 8.64. The van der Waals surface area contributed by atoms with Gasteiger partial charge in [-0.1, -0.05) is 6.07 Å². The third kappa shape index (κ3) is 2.65. The second-order valence-electron chi connectivity index (χ2n) is 5.22. The molecule has 6 nitrogen and oxygen atoms in total. The van der Waals surface area contributed by atoms with Crippen molar-refractivity contribution in [2.45, 2.75) is 0 Å². The van der Waals surface area contributed by atoms with Gasteiger partial charge in [-0.15, -0.1) is 11.3 Å². The van der Waals surface area contributed by atoms with Crippen molar-refractivity contribution in [3.63, 3.8) is 0 Å². The molecule has 0 aliphatic rings. The summed E-state index contributed by atoms with van der Waals surface area (Å²) in [5, 5.41) is 11.6. The van der Waals surface area contributed by atoms with E-state index < -0.39 is 0 Å². The molecule has 0 fully saturated rings. The van der Waals surface area contributed by atoms with E-state index in [0.717, 1.165) is 16.3 Å². The highest BCUT2D eigenvalue weighted by atomic mass is 32.1. The first-order valence-corrected chi connectivity index (χ1v) is 8.35. The number of nitrogen functional groups attached to an aromatic ring is 1. The number of anilines is 1. The van der Waals surface area contributed by atoms with Gasteiger partial charge in [-0.05, 0) is 35.7 Å². The zero-order valence-corrected chi connectivity index (χ0v) is 13.8. The van der Waals surface area contributed by atoms with Gasteiger partial charge in [0.05, 0.1) is 16.3 Å². The molecule has 4 aromatic heterocycles. The molecule has 2 N–H and O–H groups in total. The van der Waals surface area contributed by atoms with Crippen molar-refractivity contribution in [3.8, 4) is 33.8 Å². The first kappa shape index (κ1) is 15.1. The number of nitrogens with two attached hydrogens (primary N) is 1. The van der Waals surface area contributed by atoms with Crippen molar-refractivity contribution in [1.29, 1.82) is 5.26 Å². The summed E-state index contributed by atoms with van der Waals surface area (Å²) in [6.07, 6.45) is 5.21. The van der Waals surface area contributed by atoms with Crippen LogP contribution in [0.5, 0.6) is 0 Å². The van der Waals surface area contributed by atoms with Crippen LogP contribution in [-0.4, -0.2) is 19.5 Å². The summed E-state index contributed by atoms with van der Waals surface area (Å²) in [4.78, 5) is 13.9. The standard InChI is InChI=1S/C18H12N6S/c19-11-13-12(10-14(23-17(13)20)16-5-2-9-25-16)15-4-1-8-24(15)18-21-6-3-7-22-18/h1-10H,(H2,20,23). The van der Waals surface area contributed by atoms with Crippen LogP contribution in [0, 0.1) is 11.3 Å². The monoisotopic (exact) mass is 344 g/mol. The smallest absolute Gasteiger partial charge is 0.234 e. The maximum Gasteiger partial charge on any atom is 0.234 e. The molecule has 0 radical (unpaired) electrons. The number of nitriles is 1. The molecular formula is C18H12N6S. The molecule has 0 unspecified atom stereocenters. The number of thiophene rings is 1. The molecular weight excluding hydrogens is 332 g/mol. The Morgan fingerprint density at radius 3 is 2.68 bits per heavy atom. The SMILES string of the molecule is N#Cc1c(-c2cccn2-c2ncccn2)cc(-c2cccs2)nc1N. The molecule has 4 rings (SSSR count). The molecule has 120 valence electrons. The van der Waals surface area contributed by atoms with Crippen LogP contribution < -0.4 is 5.73 Å². The number of pyridine rings is 1. The Labute approximate surface area is 147 Å². The lowest BCUT2D eigenvalue weighted by molar-refractivity contribution is 0.941. The lowest BCUT2D eigenvalue weighted by atomic mass is 10.0. The van der Waals surface area contributed by atoms with E-state index in [1.807, 2.05) is 46.5 Å². The number of aromatic nitrogens is 4. The Bertz CT molecular complexity index is 1060. The first-order valence-electron chi connectivity index (χ1n) is 7.47. The molecule has 0 aliphatic heterocycles. The van der Waals surface area contributed by atoms with E-state index in [2.05, 4.69) is 21.0 Å². The van der Waals surface area contributed by atoms with E-state index in [1.54, 1.807) is 29.8 Å². The quantitative estimate of drug-likeness (QED) is 0.614. The van der Waals surface area contributed by atoms with Crippen molar-refractivity contribution in [1.82, 2.24) is 19.5 Å². The molecule has 0 spiro atoms. The van der Waals surface area contributed by atoms with Gasteiger partial charge in [0.1, 0.15) is 17.5 Å². The van der Waals surface area contributed by atoms with Crippen LogP contribution in [0.15, 0.2) is 60.4 Å². The van der Waals surface area contributed by atoms with E-state index in [-0.39, 0.29) is 5.82 Å². The molecule has 0 saturated carbocycles. The molecule has 25 heavy (non-hydrogen) atoms. The van der Waals surface area contributed by atoms with E-state index in [4.69, 9.17) is 5.73 Å². The maximum atomic E-state index is 9.57. The molecule has 0 bridgehead atoms. The predicted molar refractivity (Wildman–Crippen MR) is 97.0 cm³/mol. The van der Waals surface area contributed by atoms with Gasteiger partial charge in [0.2, 0.25) is 5.95 Å². The number of hydrogen-bond acceptors (Lipinski definition) is 6. The summed E-state index contributed by atoms with van der Waals surface area (Å²) in [7, 11) is 0. The zero-order chi connectivity index (χ0) is 17.2. The minimum absolute atomic E-state index is 0.213. The Morgan fingerprint density at radius 1 is 1.12 bits per heavy atom. The molecule has 0 aromatic carbocycles. The van der Waals surface area contributed by atoms with Gasteiger partial charge in [-0.2, -0.15) is 5.26 Å². The third-order valence-corrected chi connectivity index (χ3v) is 4.62. The third-order valence-electron chi connectivity index (χ3n) is 3.73. The Hall–Kier alpha value is -3.50. The highest BCUT2D eigenvalue weighted by molar-refractivity contribution is 7.13. The van der Waals surface area contributed by atoms with E-state index in [1.165, 1.54) is 0 Å². The second kappa shape index (κ2) is 6.19. The van der Waals surface area contributed by atoms with Crippen LogP contribution in [-0.2, 0) is 0 Å². The van der Waals surface area contributed by atoms with Gasteiger partial charge in [0.15, 0.2) is 0 Å². The van der Waals surface area contributed by atoms with Gasteiger partial charge >= 0.3 is 0 Å². The lowest BCUT2D eigenvalue weighted by Gasteiger charge is -2.11. The van der Waals surface area contributed by atoms with Crippen LogP contribution in [0.1, 0.15) is 5.56 Å². The number of rotatable bonds is 3. The summed E-state index contributed by atoms with van der Waals surface area (Å²) in [6.45, 7) is 0. The molecule has 4 aromatic rings. The van der Waals surface area contributed by atoms with Gasteiger partial charge in [-0.25, -0.2) is 15.0 Å². The van der Waals surface area contributed by atoms with Crippen molar-refractivity contribution in [2.75, 3.05) is 5.73 Å². The highest BCUT2D eigenvalue weighted by Crippen LogP contribution is 2.33. The molecule has 0 aliphatic carbocycles.